The van der Waals surface area contributed by atoms with Crippen molar-refractivity contribution in [3.63, 3.8) is 0 Å². The highest BCUT2D eigenvalue weighted by molar-refractivity contribution is 8.01. The standard InChI is InChI=1S/C21H34N4S/c1-2-22-20(23-14-6-7-15-25-16-8-9-17-25)24-18-21(12-13-21)26-19-10-4-3-5-11-19/h3-5,10-11H,2,6-9,12-18H2,1H3,(H2,22,23,24). The van der Waals surface area contributed by atoms with Gasteiger partial charge in [0.25, 0.3) is 0 Å². The van der Waals surface area contributed by atoms with Crippen LogP contribution >= 0.6 is 11.8 Å². The Balaban J connectivity index is 1.38. The molecule has 0 unspecified atom stereocenters. The first kappa shape index (κ1) is 19.6. The summed E-state index contributed by atoms with van der Waals surface area (Å²) in [6.07, 6.45) is 7.80. The molecule has 1 saturated heterocycles. The number of benzene rings is 1. The van der Waals surface area contributed by atoms with Gasteiger partial charge in [0.1, 0.15) is 0 Å². The van der Waals surface area contributed by atoms with Crippen molar-refractivity contribution in [1.29, 1.82) is 0 Å². The second kappa shape index (κ2) is 10.2. The highest BCUT2D eigenvalue weighted by atomic mass is 32.2. The SMILES string of the molecule is CCNC(=NCC1(Sc2ccccc2)CC1)NCCCCN1CCCC1. The molecular weight excluding hydrogens is 340 g/mol. The Kier molecular flexibility index (Phi) is 7.69. The van der Waals surface area contributed by atoms with Crippen LogP contribution in [0.4, 0.5) is 0 Å². The molecule has 0 aromatic heterocycles. The Labute approximate surface area is 163 Å². The maximum absolute atomic E-state index is 4.88. The van der Waals surface area contributed by atoms with E-state index in [0.29, 0.717) is 4.75 Å². The molecule has 4 nitrogen and oxygen atoms in total. The van der Waals surface area contributed by atoms with E-state index in [4.69, 9.17) is 4.99 Å². The molecule has 26 heavy (non-hydrogen) atoms. The van der Waals surface area contributed by atoms with Crippen molar-refractivity contribution in [1.82, 2.24) is 15.5 Å². The molecule has 0 radical (unpaired) electrons. The van der Waals surface area contributed by atoms with Crippen molar-refractivity contribution >= 4 is 17.7 Å². The molecule has 2 N–H and O–H groups in total. The molecule has 0 spiro atoms. The number of nitrogens with one attached hydrogen (secondary N) is 2. The zero-order valence-corrected chi connectivity index (χ0v) is 17.0. The van der Waals surface area contributed by atoms with Crippen LogP contribution in [0.2, 0.25) is 0 Å². The van der Waals surface area contributed by atoms with E-state index in [1.54, 1.807) is 0 Å². The maximum Gasteiger partial charge on any atom is 0.191 e. The van der Waals surface area contributed by atoms with Gasteiger partial charge in [-0.05, 0) is 77.2 Å². The van der Waals surface area contributed by atoms with Crippen LogP contribution in [-0.2, 0) is 0 Å². The molecule has 1 heterocycles. The molecule has 3 rings (SSSR count). The summed E-state index contributed by atoms with van der Waals surface area (Å²) >= 11 is 1.99. The fourth-order valence-corrected chi connectivity index (χ4v) is 4.64. The molecule has 1 aliphatic heterocycles. The minimum absolute atomic E-state index is 0.319. The van der Waals surface area contributed by atoms with Crippen molar-refractivity contribution in [3.8, 4) is 0 Å². The Morgan fingerprint density at radius 1 is 1.12 bits per heavy atom. The Morgan fingerprint density at radius 3 is 2.58 bits per heavy atom. The molecule has 1 aromatic rings. The van der Waals surface area contributed by atoms with Crippen LogP contribution in [0.15, 0.2) is 40.2 Å². The third kappa shape index (κ3) is 6.51. The quantitative estimate of drug-likeness (QED) is 0.372. The normalized spacial score (nSPS) is 19.5. The molecule has 0 bridgehead atoms. The topological polar surface area (TPSA) is 39.7 Å². The van der Waals surface area contributed by atoms with Crippen LogP contribution in [0.5, 0.6) is 0 Å². The number of thioether (sulfide) groups is 1. The molecular formula is C21H34N4S. The summed E-state index contributed by atoms with van der Waals surface area (Å²) in [5, 5.41) is 6.92. The Bertz CT molecular complexity index is 550. The number of nitrogens with zero attached hydrogens (tertiary/aromatic N) is 2. The number of rotatable bonds is 10. The van der Waals surface area contributed by atoms with Crippen molar-refractivity contribution in [2.75, 3.05) is 39.3 Å². The lowest BCUT2D eigenvalue weighted by atomic mass is 10.3. The van der Waals surface area contributed by atoms with Gasteiger partial charge in [-0.15, -0.1) is 11.8 Å². The summed E-state index contributed by atoms with van der Waals surface area (Å²) in [5.74, 6) is 0.980. The number of hydrogen-bond donors (Lipinski definition) is 2. The highest BCUT2D eigenvalue weighted by Crippen LogP contribution is 2.51. The summed E-state index contributed by atoms with van der Waals surface area (Å²) in [5.41, 5.74) is 0. The van der Waals surface area contributed by atoms with Crippen LogP contribution in [0.25, 0.3) is 0 Å². The number of hydrogen-bond acceptors (Lipinski definition) is 3. The van der Waals surface area contributed by atoms with Gasteiger partial charge in [0.15, 0.2) is 5.96 Å². The van der Waals surface area contributed by atoms with E-state index in [-0.39, 0.29) is 0 Å². The minimum atomic E-state index is 0.319. The Morgan fingerprint density at radius 2 is 1.88 bits per heavy atom. The van der Waals surface area contributed by atoms with E-state index < -0.39 is 0 Å². The second-order valence-corrected chi connectivity index (χ2v) is 9.02. The predicted octanol–water partition coefficient (Wildman–Crippen LogP) is 3.74. The van der Waals surface area contributed by atoms with Crippen LogP contribution in [0.3, 0.4) is 0 Å². The predicted molar refractivity (Wildman–Crippen MR) is 113 cm³/mol. The number of aliphatic imine (C=N–C) groups is 1. The summed E-state index contributed by atoms with van der Waals surface area (Å²) in [7, 11) is 0. The minimum Gasteiger partial charge on any atom is -0.357 e. The van der Waals surface area contributed by atoms with E-state index in [2.05, 4.69) is 52.8 Å². The molecule has 0 amide bonds. The lowest BCUT2D eigenvalue weighted by Crippen LogP contribution is -2.38. The zero-order valence-electron chi connectivity index (χ0n) is 16.2. The molecule has 1 saturated carbocycles. The van der Waals surface area contributed by atoms with Crippen LogP contribution in [-0.4, -0.2) is 54.9 Å². The van der Waals surface area contributed by atoms with Gasteiger partial charge >= 0.3 is 0 Å². The summed E-state index contributed by atoms with van der Waals surface area (Å²) in [6, 6.07) is 10.7. The van der Waals surface area contributed by atoms with Gasteiger partial charge < -0.3 is 15.5 Å². The second-order valence-electron chi connectivity index (χ2n) is 7.48. The first-order valence-corrected chi connectivity index (χ1v) is 11.1. The molecule has 0 atom stereocenters. The first-order valence-electron chi connectivity index (χ1n) is 10.3. The van der Waals surface area contributed by atoms with Crippen LogP contribution in [0, 0.1) is 0 Å². The van der Waals surface area contributed by atoms with Gasteiger partial charge in [0.05, 0.1) is 6.54 Å². The van der Waals surface area contributed by atoms with E-state index in [1.165, 1.54) is 63.1 Å². The van der Waals surface area contributed by atoms with E-state index in [1.807, 2.05) is 11.8 Å². The van der Waals surface area contributed by atoms with E-state index >= 15 is 0 Å². The van der Waals surface area contributed by atoms with Gasteiger partial charge in [-0.3, -0.25) is 4.99 Å². The fourth-order valence-electron chi connectivity index (χ4n) is 3.41. The molecule has 2 fully saturated rings. The van der Waals surface area contributed by atoms with Gasteiger partial charge in [0.2, 0.25) is 0 Å². The fraction of sp³-hybridized carbons (Fsp3) is 0.667. The Hall–Kier alpha value is -1.20. The van der Waals surface area contributed by atoms with Crippen molar-refractivity contribution in [2.45, 2.75) is 55.1 Å². The third-order valence-electron chi connectivity index (χ3n) is 5.15. The molecule has 5 heteroatoms. The van der Waals surface area contributed by atoms with Gasteiger partial charge in [0, 0.05) is 22.7 Å². The van der Waals surface area contributed by atoms with Crippen molar-refractivity contribution in [2.24, 2.45) is 4.99 Å². The van der Waals surface area contributed by atoms with Crippen LogP contribution in [0.1, 0.15) is 45.4 Å². The number of likely N-dealkylation sites (tertiary alicyclic amines) is 1. The number of guanidine groups is 1. The first-order chi connectivity index (χ1) is 12.8. The molecule has 144 valence electrons. The average Bonchev–Trinajstić information content (AvgIpc) is 3.21. The van der Waals surface area contributed by atoms with E-state index in [0.717, 1.165) is 25.6 Å². The van der Waals surface area contributed by atoms with Crippen molar-refractivity contribution < 1.29 is 0 Å². The summed E-state index contributed by atoms with van der Waals surface area (Å²) in [6.45, 7) is 8.83. The lowest BCUT2D eigenvalue weighted by Gasteiger charge is -2.16. The van der Waals surface area contributed by atoms with Gasteiger partial charge in [-0.1, -0.05) is 18.2 Å². The van der Waals surface area contributed by atoms with Gasteiger partial charge in [-0.25, -0.2) is 0 Å². The lowest BCUT2D eigenvalue weighted by molar-refractivity contribution is 0.330. The van der Waals surface area contributed by atoms with Crippen LogP contribution < -0.4 is 10.6 Å². The molecule has 1 aromatic carbocycles. The van der Waals surface area contributed by atoms with E-state index in [9.17, 15) is 0 Å². The monoisotopic (exact) mass is 374 g/mol. The summed E-state index contributed by atoms with van der Waals surface area (Å²) < 4.78 is 0.319. The van der Waals surface area contributed by atoms with Gasteiger partial charge in [-0.2, -0.15) is 0 Å². The highest BCUT2D eigenvalue weighted by Gasteiger charge is 2.43. The molecule has 1 aliphatic carbocycles. The maximum atomic E-state index is 4.88. The van der Waals surface area contributed by atoms with Crippen molar-refractivity contribution in [3.05, 3.63) is 30.3 Å². The average molecular weight is 375 g/mol. The smallest absolute Gasteiger partial charge is 0.191 e. The molecule has 2 aliphatic rings. The zero-order chi connectivity index (χ0) is 18.1. The number of unbranched alkanes of at least 4 members (excludes halogenated alkanes) is 1. The largest absolute Gasteiger partial charge is 0.357 e. The third-order valence-corrected chi connectivity index (χ3v) is 6.63. The summed E-state index contributed by atoms with van der Waals surface area (Å²) in [4.78, 5) is 8.84.